The second-order valence-corrected chi connectivity index (χ2v) is 5.73. The van der Waals surface area contributed by atoms with E-state index in [1.807, 2.05) is 11.9 Å². The summed E-state index contributed by atoms with van der Waals surface area (Å²) >= 11 is 1.69. The third-order valence-electron chi connectivity index (χ3n) is 3.22. The summed E-state index contributed by atoms with van der Waals surface area (Å²) in [5, 5.41) is 0. The minimum absolute atomic E-state index is 0.224. The van der Waals surface area contributed by atoms with Gasteiger partial charge in [-0.3, -0.25) is 4.79 Å². The van der Waals surface area contributed by atoms with E-state index in [1.165, 1.54) is 11.1 Å². The number of hydrogen-bond acceptors (Lipinski definition) is 2. The van der Waals surface area contributed by atoms with Gasteiger partial charge in [-0.2, -0.15) is 0 Å². The fraction of sp³-hybridized carbons (Fsp3) is 0.533. The number of hydrogen-bond donors (Lipinski definition) is 0. The summed E-state index contributed by atoms with van der Waals surface area (Å²) in [7, 11) is 1.89. The molecule has 0 aliphatic heterocycles. The van der Waals surface area contributed by atoms with E-state index < -0.39 is 0 Å². The highest BCUT2D eigenvalue weighted by Gasteiger charge is 2.13. The Hall–Kier alpha value is -0.960. The average molecular weight is 265 g/mol. The number of carbonyl (C=O) groups is 1. The molecular formula is C15H23NOS. The van der Waals surface area contributed by atoms with Gasteiger partial charge in [0.25, 0.3) is 0 Å². The third-order valence-corrected chi connectivity index (χ3v) is 4.21. The molecule has 2 nitrogen and oxygen atoms in total. The zero-order chi connectivity index (χ0) is 13.5. The molecule has 0 aliphatic rings. The fourth-order valence-electron chi connectivity index (χ4n) is 1.68. The van der Waals surface area contributed by atoms with E-state index >= 15 is 0 Å². The Bertz CT molecular complexity index is 392. The molecule has 0 saturated heterocycles. The SMILES string of the molecule is CCC(C)N(C)C(=O)CSCc1cccc(C)c1. The molecule has 1 aromatic carbocycles. The van der Waals surface area contributed by atoms with Gasteiger partial charge in [-0.25, -0.2) is 0 Å². The summed E-state index contributed by atoms with van der Waals surface area (Å²) in [4.78, 5) is 13.8. The van der Waals surface area contributed by atoms with Crippen LogP contribution in [0.3, 0.4) is 0 Å². The van der Waals surface area contributed by atoms with Crippen LogP contribution in [0.1, 0.15) is 31.4 Å². The van der Waals surface area contributed by atoms with Crippen molar-refractivity contribution in [2.75, 3.05) is 12.8 Å². The van der Waals surface area contributed by atoms with E-state index in [0.29, 0.717) is 11.8 Å². The van der Waals surface area contributed by atoms with Crippen LogP contribution in [0.4, 0.5) is 0 Å². The number of rotatable bonds is 6. The highest BCUT2D eigenvalue weighted by molar-refractivity contribution is 7.99. The standard InChI is InChI=1S/C15H23NOS/c1-5-13(3)16(4)15(17)11-18-10-14-8-6-7-12(2)9-14/h6-9,13H,5,10-11H2,1-4H3. The molecular weight excluding hydrogens is 242 g/mol. The van der Waals surface area contributed by atoms with Crippen LogP contribution < -0.4 is 0 Å². The smallest absolute Gasteiger partial charge is 0.232 e. The molecule has 1 atom stereocenters. The molecule has 0 saturated carbocycles. The largest absolute Gasteiger partial charge is 0.342 e. The molecule has 18 heavy (non-hydrogen) atoms. The van der Waals surface area contributed by atoms with Crippen molar-refractivity contribution in [2.45, 2.75) is 39.0 Å². The average Bonchev–Trinajstić information content (AvgIpc) is 2.36. The maximum Gasteiger partial charge on any atom is 0.232 e. The minimum atomic E-state index is 0.224. The van der Waals surface area contributed by atoms with Gasteiger partial charge in [0.1, 0.15) is 0 Å². The molecule has 1 aromatic rings. The van der Waals surface area contributed by atoms with Crippen LogP contribution in [0.25, 0.3) is 0 Å². The van der Waals surface area contributed by atoms with Gasteiger partial charge in [0.05, 0.1) is 5.75 Å². The van der Waals surface area contributed by atoms with E-state index in [0.717, 1.165) is 12.2 Å². The first-order chi connectivity index (χ1) is 8.54. The van der Waals surface area contributed by atoms with Gasteiger partial charge < -0.3 is 4.90 Å². The Kier molecular flexibility index (Phi) is 6.27. The van der Waals surface area contributed by atoms with Gasteiger partial charge in [-0.05, 0) is 25.8 Å². The molecule has 0 aliphatic carbocycles. The van der Waals surface area contributed by atoms with Crippen LogP contribution in [-0.2, 0) is 10.5 Å². The van der Waals surface area contributed by atoms with Crippen molar-refractivity contribution in [2.24, 2.45) is 0 Å². The molecule has 0 fully saturated rings. The zero-order valence-corrected chi connectivity index (χ0v) is 12.6. The lowest BCUT2D eigenvalue weighted by Crippen LogP contribution is -2.35. The quantitative estimate of drug-likeness (QED) is 0.785. The van der Waals surface area contributed by atoms with Gasteiger partial charge in [0.2, 0.25) is 5.91 Å². The van der Waals surface area contributed by atoms with Gasteiger partial charge in [0, 0.05) is 18.8 Å². The molecule has 0 N–H and O–H groups in total. The summed E-state index contributed by atoms with van der Waals surface area (Å²) in [6.45, 7) is 6.29. The minimum Gasteiger partial charge on any atom is -0.342 e. The number of carbonyl (C=O) groups excluding carboxylic acids is 1. The first kappa shape index (κ1) is 15.1. The van der Waals surface area contributed by atoms with Crippen molar-refractivity contribution in [1.82, 2.24) is 4.90 Å². The van der Waals surface area contributed by atoms with Crippen LogP contribution >= 0.6 is 11.8 Å². The number of benzene rings is 1. The van der Waals surface area contributed by atoms with Crippen molar-refractivity contribution in [1.29, 1.82) is 0 Å². The monoisotopic (exact) mass is 265 g/mol. The summed E-state index contributed by atoms with van der Waals surface area (Å²) < 4.78 is 0. The van der Waals surface area contributed by atoms with E-state index in [9.17, 15) is 4.79 Å². The summed E-state index contributed by atoms with van der Waals surface area (Å²) in [6, 6.07) is 8.78. The highest BCUT2D eigenvalue weighted by atomic mass is 32.2. The van der Waals surface area contributed by atoms with Gasteiger partial charge in [0.15, 0.2) is 0 Å². The molecule has 1 rings (SSSR count). The fourth-order valence-corrected chi connectivity index (χ4v) is 2.58. The number of thioether (sulfide) groups is 1. The summed E-state index contributed by atoms with van der Waals surface area (Å²) in [5.41, 5.74) is 2.56. The Balaban J connectivity index is 2.36. The zero-order valence-electron chi connectivity index (χ0n) is 11.8. The number of amides is 1. The van der Waals surface area contributed by atoms with Gasteiger partial charge in [-0.1, -0.05) is 36.8 Å². The maximum atomic E-state index is 11.9. The lowest BCUT2D eigenvalue weighted by atomic mass is 10.2. The van der Waals surface area contributed by atoms with Crippen molar-refractivity contribution >= 4 is 17.7 Å². The summed E-state index contributed by atoms with van der Waals surface area (Å²) in [6.07, 6.45) is 1.00. The van der Waals surface area contributed by atoms with Crippen molar-refractivity contribution < 1.29 is 4.79 Å². The van der Waals surface area contributed by atoms with Gasteiger partial charge in [-0.15, -0.1) is 11.8 Å². The van der Waals surface area contributed by atoms with Gasteiger partial charge >= 0.3 is 0 Å². The maximum absolute atomic E-state index is 11.9. The van der Waals surface area contributed by atoms with Crippen LogP contribution in [0.2, 0.25) is 0 Å². The molecule has 0 spiro atoms. The lowest BCUT2D eigenvalue weighted by Gasteiger charge is -2.23. The molecule has 0 radical (unpaired) electrons. The highest BCUT2D eigenvalue weighted by Crippen LogP contribution is 2.14. The Morgan fingerprint density at radius 3 is 2.78 bits per heavy atom. The molecule has 3 heteroatoms. The van der Waals surface area contributed by atoms with Crippen molar-refractivity contribution in [3.63, 3.8) is 0 Å². The Morgan fingerprint density at radius 2 is 2.17 bits per heavy atom. The van der Waals surface area contributed by atoms with E-state index in [-0.39, 0.29) is 5.91 Å². The number of aryl methyl sites for hydroxylation is 1. The summed E-state index contributed by atoms with van der Waals surface area (Å²) in [5.74, 6) is 1.69. The van der Waals surface area contributed by atoms with Crippen LogP contribution in [0.5, 0.6) is 0 Å². The Morgan fingerprint density at radius 1 is 1.44 bits per heavy atom. The van der Waals surface area contributed by atoms with E-state index in [2.05, 4.69) is 45.0 Å². The topological polar surface area (TPSA) is 20.3 Å². The normalized spacial score (nSPS) is 12.2. The van der Waals surface area contributed by atoms with E-state index in [4.69, 9.17) is 0 Å². The third kappa shape index (κ3) is 4.73. The predicted octanol–water partition coefficient (Wildman–Crippen LogP) is 3.49. The van der Waals surface area contributed by atoms with Crippen LogP contribution in [0.15, 0.2) is 24.3 Å². The molecule has 0 heterocycles. The first-order valence-electron chi connectivity index (χ1n) is 6.43. The molecule has 0 bridgehead atoms. The second kappa shape index (κ2) is 7.47. The molecule has 100 valence electrons. The molecule has 1 unspecified atom stereocenters. The van der Waals surface area contributed by atoms with Crippen LogP contribution in [0, 0.1) is 6.92 Å². The Labute approximate surface area is 115 Å². The number of nitrogens with zero attached hydrogens (tertiary/aromatic N) is 1. The molecule has 0 aromatic heterocycles. The second-order valence-electron chi connectivity index (χ2n) is 4.74. The van der Waals surface area contributed by atoms with Crippen molar-refractivity contribution in [3.05, 3.63) is 35.4 Å². The first-order valence-corrected chi connectivity index (χ1v) is 7.59. The lowest BCUT2D eigenvalue weighted by molar-refractivity contribution is -0.128. The van der Waals surface area contributed by atoms with E-state index in [1.54, 1.807) is 11.8 Å². The van der Waals surface area contributed by atoms with Crippen LogP contribution in [-0.4, -0.2) is 29.6 Å². The predicted molar refractivity (Wildman–Crippen MR) is 79.9 cm³/mol. The molecule has 1 amide bonds. The van der Waals surface area contributed by atoms with Crippen molar-refractivity contribution in [3.8, 4) is 0 Å².